The number of ether oxygens (including phenoxy) is 1. The lowest BCUT2D eigenvalue weighted by Crippen LogP contribution is -2.47. The minimum absolute atomic E-state index is 0.0185. The Balaban J connectivity index is 1.43. The molecule has 1 atom stereocenters. The molecule has 1 aliphatic rings. The smallest absolute Gasteiger partial charge is 0.319 e. The molecule has 2 amide bonds. The van der Waals surface area contributed by atoms with E-state index in [2.05, 4.69) is 27.7 Å². The Morgan fingerprint density at radius 1 is 1.19 bits per heavy atom. The third kappa shape index (κ3) is 5.77. The van der Waals surface area contributed by atoms with Crippen molar-refractivity contribution in [2.45, 2.75) is 12.6 Å². The second-order valence-corrected chi connectivity index (χ2v) is 6.35. The maximum atomic E-state index is 12.0. The Morgan fingerprint density at radius 3 is 2.63 bits per heavy atom. The molecule has 3 rings (SSSR count). The molecule has 0 saturated carbocycles. The number of benzene rings is 2. The summed E-state index contributed by atoms with van der Waals surface area (Å²) >= 11 is 0. The van der Waals surface area contributed by atoms with E-state index < -0.39 is 4.92 Å². The summed E-state index contributed by atoms with van der Waals surface area (Å²) in [6, 6.07) is 15.6. The van der Waals surface area contributed by atoms with Gasteiger partial charge in [-0.05, 0) is 17.7 Å². The van der Waals surface area contributed by atoms with E-state index in [1.165, 1.54) is 29.8 Å². The normalized spacial score (nSPS) is 17.3. The highest BCUT2D eigenvalue weighted by Crippen LogP contribution is 2.15. The van der Waals surface area contributed by atoms with Crippen LogP contribution >= 0.6 is 0 Å². The third-order valence-corrected chi connectivity index (χ3v) is 4.30. The Bertz CT molecular complexity index is 767. The number of nitrogens with one attached hydrogen (secondary N) is 2. The first-order chi connectivity index (χ1) is 13.1. The third-order valence-electron chi connectivity index (χ3n) is 4.30. The Labute approximate surface area is 157 Å². The Morgan fingerprint density at radius 2 is 1.93 bits per heavy atom. The van der Waals surface area contributed by atoms with Crippen LogP contribution in [0.5, 0.6) is 0 Å². The highest BCUT2D eigenvalue weighted by Gasteiger charge is 2.21. The van der Waals surface area contributed by atoms with Crippen LogP contribution < -0.4 is 10.6 Å². The van der Waals surface area contributed by atoms with Gasteiger partial charge in [-0.3, -0.25) is 15.0 Å². The first kappa shape index (κ1) is 18.8. The van der Waals surface area contributed by atoms with Crippen molar-refractivity contribution in [2.75, 3.05) is 31.6 Å². The summed E-state index contributed by atoms with van der Waals surface area (Å²) < 4.78 is 5.73. The minimum Gasteiger partial charge on any atom is -0.374 e. The molecule has 142 valence electrons. The number of nitrogens with zero attached hydrogens (tertiary/aromatic N) is 2. The average Bonchev–Trinajstić information content (AvgIpc) is 2.68. The van der Waals surface area contributed by atoms with Gasteiger partial charge in [-0.1, -0.05) is 30.3 Å². The molecule has 27 heavy (non-hydrogen) atoms. The van der Waals surface area contributed by atoms with Crippen molar-refractivity contribution in [3.63, 3.8) is 0 Å². The second kappa shape index (κ2) is 9.11. The van der Waals surface area contributed by atoms with Gasteiger partial charge in [0.25, 0.3) is 5.69 Å². The van der Waals surface area contributed by atoms with Crippen molar-refractivity contribution in [1.29, 1.82) is 0 Å². The molecule has 0 bridgehead atoms. The van der Waals surface area contributed by atoms with Crippen LogP contribution in [-0.2, 0) is 11.3 Å². The molecule has 2 aromatic carbocycles. The van der Waals surface area contributed by atoms with Crippen LogP contribution in [0, 0.1) is 10.1 Å². The molecule has 1 saturated heterocycles. The van der Waals surface area contributed by atoms with E-state index in [1.807, 2.05) is 18.2 Å². The molecule has 1 aliphatic heterocycles. The molecule has 2 N–H and O–H groups in total. The van der Waals surface area contributed by atoms with Crippen molar-refractivity contribution >= 4 is 17.4 Å². The molecule has 0 aromatic heterocycles. The van der Waals surface area contributed by atoms with E-state index in [0.717, 1.165) is 19.6 Å². The molecule has 1 unspecified atom stereocenters. The van der Waals surface area contributed by atoms with E-state index in [4.69, 9.17) is 4.74 Å². The van der Waals surface area contributed by atoms with Crippen LogP contribution in [0.25, 0.3) is 0 Å². The highest BCUT2D eigenvalue weighted by molar-refractivity contribution is 5.89. The van der Waals surface area contributed by atoms with Gasteiger partial charge in [0.15, 0.2) is 0 Å². The van der Waals surface area contributed by atoms with Crippen molar-refractivity contribution in [3.8, 4) is 0 Å². The van der Waals surface area contributed by atoms with Gasteiger partial charge in [-0.15, -0.1) is 0 Å². The summed E-state index contributed by atoms with van der Waals surface area (Å²) in [6.45, 7) is 3.48. The van der Waals surface area contributed by atoms with Crippen molar-refractivity contribution in [2.24, 2.45) is 0 Å². The topological polar surface area (TPSA) is 96.7 Å². The molecule has 0 radical (unpaired) electrons. The summed E-state index contributed by atoms with van der Waals surface area (Å²) in [6.07, 6.45) is -0.0786. The van der Waals surface area contributed by atoms with Crippen molar-refractivity contribution in [3.05, 3.63) is 70.3 Å². The number of carbonyl (C=O) groups excluding carboxylic acids is 1. The van der Waals surface area contributed by atoms with E-state index in [0.29, 0.717) is 18.8 Å². The van der Waals surface area contributed by atoms with Crippen molar-refractivity contribution in [1.82, 2.24) is 10.2 Å². The lowest BCUT2D eigenvalue weighted by Gasteiger charge is -2.33. The summed E-state index contributed by atoms with van der Waals surface area (Å²) in [5.41, 5.74) is 1.73. The minimum atomic E-state index is -0.481. The van der Waals surface area contributed by atoms with Gasteiger partial charge in [0.1, 0.15) is 0 Å². The monoisotopic (exact) mass is 370 g/mol. The summed E-state index contributed by atoms with van der Waals surface area (Å²) in [5, 5.41) is 16.1. The number of hydrogen-bond donors (Lipinski definition) is 2. The van der Waals surface area contributed by atoms with Crippen LogP contribution in [-0.4, -0.2) is 48.2 Å². The van der Waals surface area contributed by atoms with Crippen LogP contribution in [0.4, 0.5) is 16.2 Å². The van der Waals surface area contributed by atoms with Gasteiger partial charge in [0, 0.05) is 44.0 Å². The number of amides is 2. The second-order valence-electron chi connectivity index (χ2n) is 6.35. The Hall–Kier alpha value is -2.97. The predicted octanol–water partition coefficient (Wildman–Crippen LogP) is 2.62. The van der Waals surface area contributed by atoms with Gasteiger partial charge >= 0.3 is 6.03 Å². The van der Waals surface area contributed by atoms with E-state index in [1.54, 1.807) is 0 Å². The van der Waals surface area contributed by atoms with Gasteiger partial charge < -0.3 is 15.4 Å². The molecular formula is C19H22N4O4. The number of carbonyl (C=O) groups is 1. The largest absolute Gasteiger partial charge is 0.374 e. The maximum Gasteiger partial charge on any atom is 0.319 e. The molecule has 2 aromatic rings. The van der Waals surface area contributed by atoms with E-state index in [-0.39, 0.29) is 17.8 Å². The summed E-state index contributed by atoms with van der Waals surface area (Å²) in [7, 11) is 0. The number of rotatable bonds is 6. The fraction of sp³-hybridized carbons (Fsp3) is 0.316. The molecule has 8 nitrogen and oxygen atoms in total. The van der Waals surface area contributed by atoms with Gasteiger partial charge in [-0.2, -0.15) is 0 Å². The fourth-order valence-electron chi connectivity index (χ4n) is 2.94. The lowest BCUT2D eigenvalue weighted by molar-refractivity contribution is -0.384. The molecule has 0 spiro atoms. The molecule has 1 fully saturated rings. The van der Waals surface area contributed by atoms with Crippen LogP contribution in [0.3, 0.4) is 0 Å². The van der Waals surface area contributed by atoms with Crippen LogP contribution in [0.1, 0.15) is 5.56 Å². The van der Waals surface area contributed by atoms with Gasteiger partial charge in [0.2, 0.25) is 0 Å². The lowest BCUT2D eigenvalue weighted by atomic mass is 10.2. The van der Waals surface area contributed by atoms with Gasteiger partial charge in [-0.25, -0.2) is 4.79 Å². The average molecular weight is 370 g/mol. The molecule has 8 heteroatoms. The molecule has 0 aliphatic carbocycles. The number of nitro groups is 1. The summed E-state index contributed by atoms with van der Waals surface area (Å²) in [5.74, 6) is 0. The quantitative estimate of drug-likeness (QED) is 0.602. The van der Waals surface area contributed by atoms with Gasteiger partial charge in [0.05, 0.1) is 17.6 Å². The first-order valence-electron chi connectivity index (χ1n) is 8.77. The zero-order valence-corrected chi connectivity index (χ0v) is 14.8. The van der Waals surface area contributed by atoms with Crippen LogP contribution in [0.2, 0.25) is 0 Å². The Kier molecular flexibility index (Phi) is 6.35. The first-order valence-corrected chi connectivity index (χ1v) is 8.77. The SMILES string of the molecule is O=C(NCC1CN(Cc2ccccc2)CCO1)Nc1ccc([N+](=O)[O-])cc1. The van der Waals surface area contributed by atoms with Crippen LogP contribution in [0.15, 0.2) is 54.6 Å². The fourth-order valence-corrected chi connectivity index (χ4v) is 2.94. The number of non-ortho nitro benzene ring substituents is 1. The number of anilines is 1. The highest BCUT2D eigenvalue weighted by atomic mass is 16.6. The zero-order valence-electron chi connectivity index (χ0n) is 14.8. The standard InChI is InChI=1S/C19H22N4O4/c24-19(21-16-6-8-17(9-7-16)23(25)26)20-12-18-14-22(10-11-27-18)13-15-4-2-1-3-5-15/h1-9,18H,10-14H2,(H2,20,21,24). The zero-order chi connectivity index (χ0) is 19.1. The number of nitro benzene ring substituents is 1. The van der Waals surface area contributed by atoms with Crippen molar-refractivity contribution < 1.29 is 14.5 Å². The number of morpholine rings is 1. The van der Waals surface area contributed by atoms with E-state index >= 15 is 0 Å². The van der Waals surface area contributed by atoms with E-state index in [9.17, 15) is 14.9 Å². The maximum absolute atomic E-state index is 12.0. The number of urea groups is 1. The molecular weight excluding hydrogens is 348 g/mol. The molecule has 1 heterocycles. The number of hydrogen-bond acceptors (Lipinski definition) is 5. The predicted molar refractivity (Wildman–Crippen MR) is 102 cm³/mol. The summed E-state index contributed by atoms with van der Waals surface area (Å²) in [4.78, 5) is 24.5.